The molecule has 3 heterocycles. The minimum absolute atomic E-state index is 0.0134. The standard InChI is InChI=1S/C72H95N5O37S4/c1-41-58(82)60(84)61(85)70(106-41)110-64-57(74-42(2)80)69(108-55(34-79)63(64)109-71-62(86)65(114-118(100,101)102)59(83)54(33-78)107-71)105-40-72(38-103-35-46-12-6-3-7-13-46,39-104-36-47-14-8-4-9-15-47)37-73-29-11-5-10-16-56(81)75-51(30-43-17-23-48(24-18-43)111-115(91,92)93)66(87)76-52(31-44-19-25-49(26-20-44)112-116(94,95)96)67(88)77-53(68(89)90)32-45-21-27-50(28-22-45)113-117(97,98)99/h3-4,6-9,12-15,17-28,41,51-55,57-65,69-71,73,78-79,82-86H,5,10-11,16,29-40H2,1-2H3,(H,74,80)(H,75,81)(H,76,87)(H,77,88)(H,89,90)(H,91,92,93)(H,94,95,96)(H,97,98,99)(H,100,101,102)/t41-,51-,52-,53-,54+,55+,57+,58+,59-,60+,61-,62+,63+,64+,65-,69+,70-,71-/m0/s1. The molecule has 3 saturated heterocycles. The lowest BCUT2D eigenvalue weighted by Crippen LogP contribution is -2.70. The van der Waals surface area contributed by atoms with Crippen molar-refractivity contribution < 1.29 is 171 Å². The van der Waals surface area contributed by atoms with E-state index in [1.807, 2.05) is 24.3 Å². The van der Waals surface area contributed by atoms with Gasteiger partial charge in [-0.3, -0.25) is 37.4 Å². The number of nitrogens with one attached hydrogen (secondary N) is 5. The molecule has 118 heavy (non-hydrogen) atoms. The van der Waals surface area contributed by atoms with E-state index < -0.39 is 219 Å². The molecule has 5 aromatic rings. The van der Waals surface area contributed by atoms with Crippen molar-refractivity contribution >= 4 is 71.2 Å². The highest BCUT2D eigenvalue weighted by Gasteiger charge is 2.56. The van der Waals surface area contributed by atoms with Crippen molar-refractivity contribution in [2.24, 2.45) is 5.41 Å². The zero-order valence-corrected chi connectivity index (χ0v) is 66.4. The number of unbranched alkanes of at least 4 members (excludes halogenated alkanes) is 2. The fraction of sp³-hybridized carbons (Fsp3) is 0.514. The number of aliphatic carboxylic acids is 1. The van der Waals surface area contributed by atoms with Gasteiger partial charge in [0.05, 0.1) is 57.8 Å². The monoisotopic (exact) mass is 1750 g/mol. The van der Waals surface area contributed by atoms with E-state index in [0.717, 1.165) is 54.4 Å². The van der Waals surface area contributed by atoms with Crippen molar-refractivity contribution in [2.75, 3.05) is 46.1 Å². The van der Waals surface area contributed by atoms with Gasteiger partial charge >= 0.3 is 47.6 Å². The van der Waals surface area contributed by atoms with Crippen LogP contribution in [0.1, 0.15) is 67.3 Å². The summed E-state index contributed by atoms with van der Waals surface area (Å²) in [5, 5.41) is 101. The third-order valence-electron chi connectivity index (χ3n) is 18.6. The van der Waals surface area contributed by atoms with Gasteiger partial charge in [0.1, 0.15) is 102 Å². The second kappa shape index (κ2) is 43.9. The Labute approximate surface area is 678 Å². The van der Waals surface area contributed by atoms with E-state index in [2.05, 4.69) is 43.3 Å². The summed E-state index contributed by atoms with van der Waals surface area (Å²) in [6, 6.07) is 25.5. The fourth-order valence-corrected chi connectivity index (χ4v) is 14.4. The highest BCUT2D eigenvalue weighted by atomic mass is 32.3. The van der Waals surface area contributed by atoms with Gasteiger partial charge in [-0.15, -0.1) is 0 Å². The molecule has 42 nitrogen and oxygen atoms in total. The summed E-state index contributed by atoms with van der Waals surface area (Å²) >= 11 is 0. The summed E-state index contributed by atoms with van der Waals surface area (Å²) in [5.74, 6) is -6.33. The van der Waals surface area contributed by atoms with Crippen molar-refractivity contribution in [3.8, 4) is 17.2 Å². The molecule has 0 spiro atoms. The molecule has 46 heteroatoms. The maximum Gasteiger partial charge on any atom is 0.446 e. The second-order valence-corrected chi connectivity index (χ2v) is 32.1. The largest absolute Gasteiger partial charge is 0.480 e. The van der Waals surface area contributed by atoms with E-state index in [0.29, 0.717) is 12.8 Å². The van der Waals surface area contributed by atoms with Gasteiger partial charge in [0.15, 0.2) is 18.9 Å². The van der Waals surface area contributed by atoms with E-state index in [-0.39, 0.29) is 92.7 Å². The lowest BCUT2D eigenvalue weighted by atomic mass is 9.90. The van der Waals surface area contributed by atoms with Crippen LogP contribution in [-0.4, -0.2) is 279 Å². The number of carbonyl (C=O) groups is 5. The Morgan fingerprint density at radius 2 is 0.924 bits per heavy atom. The third kappa shape index (κ3) is 30.5. The van der Waals surface area contributed by atoms with Crippen molar-refractivity contribution in [1.29, 1.82) is 0 Å². The van der Waals surface area contributed by atoms with Crippen molar-refractivity contribution in [2.45, 2.75) is 182 Å². The number of carboxylic acids is 1. The van der Waals surface area contributed by atoms with Crippen molar-refractivity contribution in [3.05, 3.63) is 161 Å². The maximum atomic E-state index is 14.7. The van der Waals surface area contributed by atoms with Crippen LogP contribution in [-0.2, 0) is 140 Å². The van der Waals surface area contributed by atoms with Crippen LogP contribution in [0.4, 0.5) is 0 Å². The van der Waals surface area contributed by atoms with Gasteiger partial charge in [-0.25, -0.2) is 8.98 Å². The van der Waals surface area contributed by atoms with Crippen LogP contribution in [0.2, 0.25) is 0 Å². The zero-order chi connectivity index (χ0) is 86.3. The van der Waals surface area contributed by atoms with Gasteiger partial charge in [-0.05, 0) is 90.5 Å². The first-order valence-electron chi connectivity index (χ1n) is 36.4. The third-order valence-corrected chi connectivity index (χ3v) is 20.3. The van der Waals surface area contributed by atoms with E-state index in [9.17, 15) is 112 Å². The Morgan fingerprint density at radius 1 is 0.475 bits per heavy atom. The Hall–Kier alpha value is -8.19. The molecule has 0 saturated carbocycles. The van der Waals surface area contributed by atoms with Gasteiger partial charge in [0.25, 0.3) is 0 Å². The number of benzene rings is 5. The van der Waals surface area contributed by atoms with E-state index >= 15 is 0 Å². The molecule has 0 unspecified atom stereocenters. The molecule has 0 aromatic heterocycles. The van der Waals surface area contributed by atoms with E-state index in [4.69, 9.17) is 42.4 Å². The lowest BCUT2D eigenvalue weighted by molar-refractivity contribution is -0.373. The molecule has 0 bridgehead atoms. The second-order valence-electron chi connectivity index (χ2n) is 27.9. The van der Waals surface area contributed by atoms with Crippen LogP contribution < -0.4 is 39.1 Å². The molecule has 3 fully saturated rings. The van der Waals surface area contributed by atoms with Crippen LogP contribution >= 0.6 is 0 Å². The number of amides is 4. The summed E-state index contributed by atoms with van der Waals surface area (Å²) in [5.41, 5.74) is 0.850. The summed E-state index contributed by atoms with van der Waals surface area (Å²) in [6.07, 6.45) is -27.4. The first kappa shape index (κ1) is 95.3. The molecule has 0 aliphatic carbocycles. The molecular formula is C72H95N5O37S4. The number of aliphatic hydroxyl groups is 7. The Bertz CT molecular complexity index is 4490. The number of carbonyl (C=O) groups excluding carboxylic acids is 4. The molecule has 0 radical (unpaired) electrons. The van der Waals surface area contributed by atoms with Gasteiger partial charge in [0, 0.05) is 39.2 Å². The van der Waals surface area contributed by atoms with Crippen LogP contribution in [0, 0.1) is 5.41 Å². The maximum absolute atomic E-state index is 14.7. The number of hydrogen-bond acceptors (Lipinski definition) is 33. The first-order chi connectivity index (χ1) is 55.7. The Balaban J connectivity index is 1.03. The number of ether oxygens (including phenoxy) is 8. The molecular weight excluding hydrogens is 1660 g/mol. The summed E-state index contributed by atoms with van der Waals surface area (Å²) < 4.78 is 198. The molecule has 5 aromatic carbocycles. The van der Waals surface area contributed by atoms with Crippen LogP contribution in [0.3, 0.4) is 0 Å². The Kier molecular flexibility index (Phi) is 35.4. The molecule has 3 aliphatic rings. The first-order valence-corrected chi connectivity index (χ1v) is 41.9. The van der Waals surface area contributed by atoms with Crippen LogP contribution in [0.5, 0.6) is 17.2 Å². The highest BCUT2D eigenvalue weighted by molar-refractivity contribution is 7.81. The fourth-order valence-electron chi connectivity index (χ4n) is 12.8. The molecule has 8 rings (SSSR count). The summed E-state index contributed by atoms with van der Waals surface area (Å²) in [7, 11) is -20.4. The lowest BCUT2D eigenvalue weighted by Gasteiger charge is -2.50. The van der Waals surface area contributed by atoms with Gasteiger partial charge in [-0.2, -0.15) is 33.7 Å². The quantitative estimate of drug-likeness (QED) is 0.0146. The highest BCUT2D eigenvalue weighted by Crippen LogP contribution is 2.36. The van der Waals surface area contributed by atoms with Crippen molar-refractivity contribution in [1.82, 2.24) is 26.6 Å². The van der Waals surface area contributed by atoms with E-state index in [1.165, 1.54) is 43.3 Å². The smallest absolute Gasteiger partial charge is 0.446 e. The average molecular weight is 1750 g/mol. The minimum Gasteiger partial charge on any atom is -0.480 e. The van der Waals surface area contributed by atoms with Gasteiger partial charge < -0.3 is 118 Å². The zero-order valence-electron chi connectivity index (χ0n) is 63.1. The predicted octanol–water partition coefficient (Wildman–Crippen LogP) is -2.17. The minimum atomic E-state index is -5.45. The van der Waals surface area contributed by atoms with Crippen molar-refractivity contribution in [3.63, 3.8) is 0 Å². The average Bonchev–Trinajstić information content (AvgIpc) is 0.762. The van der Waals surface area contributed by atoms with Crippen LogP contribution in [0.15, 0.2) is 133 Å². The van der Waals surface area contributed by atoms with Crippen LogP contribution in [0.25, 0.3) is 0 Å². The van der Waals surface area contributed by atoms with Gasteiger partial charge in [-0.1, -0.05) is 103 Å². The summed E-state index contributed by atoms with van der Waals surface area (Å²) in [6.45, 7) is -0.158. The molecule has 18 atom stereocenters. The van der Waals surface area contributed by atoms with E-state index in [1.54, 1.807) is 36.4 Å². The molecule has 654 valence electrons. The predicted molar refractivity (Wildman–Crippen MR) is 402 cm³/mol. The number of rotatable bonds is 46. The van der Waals surface area contributed by atoms with Gasteiger partial charge in [0.2, 0.25) is 23.6 Å². The number of aliphatic hydroxyl groups excluding tert-OH is 7. The topological polar surface area (TPSA) is 636 Å². The molecule has 4 amide bonds. The number of carboxylic acid groups (broad SMARTS) is 1. The summed E-state index contributed by atoms with van der Waals surface area (Å²) in [4.78, 5) is 69.4. The molecule has 17 N–H and O–H groups in total. The Morgan fingerprint density at radius 3 is 1.38 bits per heavy atom. The SMILES string of the molecule is CC(=O)N[C@H]1[C@H](OCC(CNCCCCCC(=O)N[C@@H](Cc2ccc(OS(=O)(=O)O)cc2)C(=O)N[C@@H](Cc2ccc(OS(=O)(=O)O)cc2)C(=O)N[C@@H](Cc2ccc(OS(=O)(=O)O)cc2)C(=O)O)(COCc2ccccc2)COCc2ccccc2)O[C@H](CO)[C@@H](O[C@@H]2O[C@H](CO)[C@H](O)[C@H](OS(=O)(=O)O)[C@H]2O)[C@@H]1O[C@@H]1O[C@@H](C)[C@@H](O)[C@@H](O)[C@@H]1O. The normalized spacial score (nSPS) is 24.6. The number of hydrogen-bond donors (Lipinski definition) is 17. The molecule has 3 aliphatic heterocycles.